The summed E-state index contributed by atoms with van der Waals surface area (Å²) < 4.78 is 11.5. The molecule has 32 heteroatoms. The number of carboxylic acid groups (broad SMARTS) is 2. The van der Waals surface area contributed by atoms with Crippen LogP contribution in [0.5, 0.6) is 0 Å². The zero-order valence-corrected chi connectivity index (χ0v) is 55.5. The van der Waals surface area contributed by atoms with Crippen molar-refractivity contribution < 1.29 is 63.1 Å². The molecule has 0 saturated heterocycles. The van der Waals surface area contributed by atoms with Crippen LogP contribution in [-0.4, -0.2) is 131 Å². The maximum Gasteiger partial charge on any atom is 0.416 e. The van der Waals surface area contributed by atoms with Crippen molar-refractivity contribution in [2.75, 3.05) is 25.6 Å². The third-order valence-electron chi connectivity index (χ3n) is 16.1. The van der Waals surface area contributed by atoms with Gasteiger partial charge in [-0.3, -0.25) is 38.5 Å². The lowest BCUT2D eigenvalue weighted by Crippen LogP contribution is -2.42. The number of aryl methyl sites for hydroxylation is 1. The molecule has 2 saturated carbocycles. The number of pyridine rings is 1. The monoisotopic (exact) mass is 1380 g/mol. The molecule has 8 heterocycles. The Hall–Kier alpha value is -8.37. The van der Waals surface area contributed by atoms with Crippen LogP contribution in [0.2, 0.25) is 0 Å². The highest BCUT2D eigenvalue weighted by Gasteiger charge is 2.40. The lowest BCUT2D eigenvalue weighted by Gasteiger charge is -2.31. The van der Waals surface area contributed by atoms with Crippen molar-refractivity contribution in [1.29, 1.82) is 0 Å². The zero-order valence-electron chi connectivity index (χ0n) is 50.6. The molecular weight excluding hydrogens is 1320 g/mol. The van der Waals surface area contributed by atoms with Crippen LogP contribution in [0.15, 0.2) is 64.0 Å². The zero-order chi connectivity index (χ0) is 65.8. The Bertz CT molecular complexity index is 4120. The summed E-state index contributed by atoms with van der Waals surface area (Å²) in [6.07, 6.45) is -0.583. The Morgan fingerprint density at radius 3 is 2.08 bits per heavy atom. The molecule has 2 fully saturated rings. The highest BCUT2D eigenvalue weighted by atomic mass is 32.1. The van der Waals surface area contributed by atoms with Crippen LogP contribution in [0, 0.1) is 24.7 Å². The van der Waals surface area contributed by atoms with Crippen LogP contribution in [0.4, 0.5) is 10.6 Å². The Morgan fingerprint density at radius 1 is 0.667 bits per heavy atom. The Kier molecular flexibility index (Phi) is 20.5. The van der Waals surface area contributed by atoms with Crippen molar-refractivity contribution in [3.63, 3.8) is 0 Å². The topological polar surface area (TPSA) is 369 Å². The number of carboxylic acids is 2. The second-order valence-electron chi connectivity index (χ2n) is 22.7. The van der Waals surface area contributed by atoms with E-state index in [2.05, 4.69) is 26.6 Å². The minimum atomic E-state index is -1.31. The molecule has 2 unspecified atom stereocenters. The highest BCUT2D eigenvalue weighted by Crippen LogP contribution is 2.42. The van der Waals surface area contributed by atoms with Gasteiger partial charge < -0.3 is 51.4 Å². The number of carbonyl (C=O) groups is 8. The van der Waals surface area contributed by atoms with E-state index in [4.69, 9.17) is 44.4 Å². The average Bonchev–Trinajstić information content (AvgIpc) is 1.71. The van der Waals surface area contributed by atoms with Crippen molar-refractivity contribution in [1.82, 2.24) is 61.5 Å². The Balaban J connectivity index is 0.979. The first-order chi connectivity index (χ1) is 44.7. The minimum Gasteiger partial charge on any atom is -0.481 e. The summed E-state index contributed by atoms with van der Waals surface area (Å²) >= 11 is 7.01. The number of aliphatic hydroxyl groups is 1. The predicted octanol–water partition coefficient (Wildman–Crippen LogP) is 9.15. The van der Waals surface area contributed by atoms with E-state index in [1.807, 2.05) is 13.8 Å². The van der Waals surface area contributed by atoms with Crippen LogP contribution in [0.1, 0.15) is 151 Å². The van der Waals surface area contributed by atoms with Gasteiger partial charge in [-0.25, -0.2) is 39.7 Å². The van der Waals surface area contributed by atoms with Crippen LogP contribution >= 0.6 is 68.0 Å². The standard InChI is InChI=1S/C61H63N13O13S6/c1-27(2)44-58-73-47(40(93-58)22-86-5)51(79)63-21-43(76)70-48(49(77)29-9-7-6-8-10-29)57-68-39(25-90-57)55-66-37(23-89-55)46-34(53-67-38(24-88-53)50(78)65-36(20-42(75)62-4)56-72-45(28(3)92-56)52(80)71-44)17-18-35(64-46)54-69-41(26-91-54)74(32-14-11-31(19-32)60(83)84)61(85)87-33-15-12-30(13-16-33)59(81)82/h6-10,17-18,23-27,30-33,36,44,48-49,77H,11-16,19-22H2,1-5H3,(H,62,75)(H,63,79)(H,65,78)(H,70,76)(H,71,80)(H,81,82)(H,83,84)/t30?,31-,32?,33?,36+,44?,48+,49+/m1/s1. The van der Waals surface area contributed by atoms with Gasteiger partial charge in [0.05, 0.1) is 54.1 Å². The minimum absolute atomic E-state index is 0.0110. The number of ether oxygens (including phenoxy) is 2. The molecule has 8 aromatic rings. The van der Waals surface area contributed by atoms with E-state index in [0.29, 0.717) is 107 Å². The van der Waals surface area contributed by atoms with Crippen LogP contribution in [0.25, 0.3) is 43.4 Å². The first-order valence-corrected chi connectivity index (χ1v) is 34.8. The van der Waals surface area contributed by atoms with Gasteiger partial charge in [0, 0.05) is 52.2 Å². The van der Waals surface area contributed by atoms with Gasteiger partial charge in [-0.2, -0.15) is 0 Å². The summed E-state index contributed by atoms with van der Waals surface area (Å²) in [6.45, 7) is 4.89. The second-order valence-corrected chi connectivity index (χ2v) is 28.5. The van der Waals surface area contributed by atoms with Gasteiger partial charge in [0.15, 0.2) is 0 Å². The summed E-state index contributed by atoms with van der Waals surface area (Å²) in [5.41, 5.74) is 2.34. The molecule has 8 N–H and O–H groups in total. The molecular formula is C61H63N13O13S6. The van der Waals surface area contributed by atoms with Gasteiger partial charge in [0.25, 0.3) is 17.7 Å². The third-order valence-corrected chi connectivity index (χ3v) is 21.8. The fraction of sp³-hybridized carbons (Fsp3) is 0.393. The van der Waals surface area contributed by atoms with Crippen molar-refractivity contribution >= 4 is 121 Å². The molecule has 7 aromatic heterocycles. The normalized spacial score (nSPS) is 20.8. The number of aromatic nitrogens is 7. The van der Waals surface area contributed by atoms with Gasteiger partial charge in [0.1, 0.15) is 88.3 Å². The molecule has 6 amide bonds. The summed E-state index contributed by atoms with van der Waals surface area (Å²) in [7, 11) is 2.92. The fourth-order valence-electron chi connectivity index (χ4n) is 11.2. The number of aliphatic hydroxyl groups excluding tert-OH is 1. The smallest absolute Gasteiger partial charge is 0.416 e. The van der Waals surface area contributed by atoms with E-state index in [-0.39, 0.29) is 53.3 Å². The van der Waals surface area contributed by atoms with Crippen LogP contribution in [-0.2, 0) is 35.3 Å². The molecule has 6 atom stereocenters. The predicted molar refractivity (Wildman–Crippen MR) is 348 cm³/mol. The fourth-order valence-corrected chi connectivity index (χ4v) is 16.7. The summed E-state index contributed by atoms with van der Waals surface area (Å²) in [6, 6.07) is 8.71. The number of amides is 6. The number of hydrogen-bond donors (Lipinski definition) is 8. The number of rotatable bonds is 13. The summed E-state index contributed by atoms with van der Waals surface area (Å²) in [5, 5.41) is 54.5. The van der Waals surface area contributed by atoms with Crippen LogP contribution < -0.4 is 31.5 Å². The highest BCUT2D eigenvalue weighted by molar-refractivity contribution is 7.15. The molecule has 3 aliphatic rings. The number of nitrogens with one attached hydrogen (secondary N) is 5. The van der Waals surface area contributed by atoms with Gasteiger partial charge in [0.2, 0.25) is 11.8 Å². The molecule has 486 valence electrons. The van der Waals surface area contributed by atoms with Crippen molar-refractivity contribution in [3.8, 4) is 43.4 Å². The van der Waals surface area contributed by atoms with Crippen molar-refractivity contribution in [3.05, 3.63) is 111 Å². The number of methoxy groups -OCH3 is 1. The quantitative estimate of drug-likeness (QED) is 0.0533. The van der Waals surface area contributed by atoms with E-state index in [9.17, 15) is 53.7 Å². The van der Waals surface area contributed by atoms with E-state index >= 15 is 0 Å². The number of hydrogen-bond acceptors (Lipinski definition) is 24. The second kappa shape index (κ2) is 28.9. The largest absolute Gasteiger partial charge is 0.481 e. The lowest BCUT2D eigenvalue weighted by atomic mass is 9.87. The van der Waals surface area contributed by atoms with Crippen molar-refractivity contribution in [2.24, 2.45) is 17.8 Å². The third kappa shape index (κ3) is 14.9. The van der Waals surface area contributed by atoms with Gasteiger partial charge in [-0.15, -0.1) is 68.0 Å². The Morgan fingerprint density at radius 2 is 1.35 bits per heavy atom. The van der Waals surface area contributed by atoms with E-state index < -0.39 is 102 Å². The maximum atomic E-state index is 14.5. The van der Waals surface area contributed by atoms with E-state index in [1.165, 1.54) is 53.1 Å². The van der Waals surface area contributed by atoms with Crippen molar-refractivity contribution in [2.45, 2.75) is 115 Å². The number of thiazole rings is 6. The number of carbonyl (C=O) groups excluding carboxylic acids is 6. The van der Waals surface area contributed by atoms with Gasteiger partial charge in [-0.05, 0) is 75.5 Å². The summed E-state index contributed by atoms with van der Waals surface area (Å²) in [4.78, 5) is 145. The van der Waals surface area contributed by atoms with Gasteiger partial charge in [-0.1, -0.05) is 44.2 Å². The summed E-state index contributed by atoms with van der Waals surface area (Å²) in [5.74, 6) is -6.16. The Labute approximate surface area is 555 Å². The molecule has 93 heavy (non-hydrogen) atoms. The average molecular weight is 1380 g/mol. The molecule has 1 aliphatic heterocycles. The molecule has 2 aliphatic carbocycles. The maximum absolute atomic E-state index is 14.5. The number of fused-ring (bicyclic) bond motifs is 14. The molecule has 11 rings (SSSR count). The first-order valence-electron chi connectivity index (χ1n) is 29.6. The van der Waals surface area contributed by atoms with E-state index in [1.54, 1.807) is 70.9 Å². The number of aliphatic carboxylic acids is 2. The SMILES string of the molecule is CNC(=O)C[C@@H]1NC(=O)c2csc(n2)-c2ccc(-c3nc(N(C(=O)OC4CCC(C(=O)O)CC4)C4CC[C@@H](C(=O)O)C4)cs3)nc2-c2csc(n2)-c2csc(n2)[C@H]([C@@H](O)c2ccccc2)NC(=O)CNC(=O)c2nc(sc2COC)C(C(C)C)NC(=O)c2nc1sc2C. The first kappa shape index (κ1) is 66.1. The number of benzene rings is 1. The number of anilines is 1. The molecule has 10 bridgehead atoms. The van der Waals surface area contributed by atoms with Gasteiger partial charge >= 0.3 is 18.0 Å². The number of nitrogens with zero attached hydrogens (tertiary/aromatic N) is 8. The molecule has 26 nitrogen and oxygen atoms in total. The molecule has 0 radical (unpaired) electrons. The van der Waals surface area contributed by atoms with Crippen LogP contribution in [0.3, 0.4) is 0 Å². The van der Waals surface area contributed by atoms with E-state index in [0.717, 1.165) is 34.0 Å². The molecule has 1 aromatic carbocycles. The molecule has 0 spiro atoms. The lowest BCUT2D eigenvalue weighted by molar-refractivity contribution is -0.143.